The predicted molar refractivity (Wildman–Crippen MR) is 314 cm³/mol. The lowest BCUT2D eigenvalue weighted by atomic mass is 10.0. The number of nitrogens with zero attached hydrogens (tertiary/aromatic N) is 1. The van der Waals surface area contributed by atoms with Crippen molar-refractivity contribution in [3.63, 3.8) is 0 Å². The van der Waals surface area contributed by atoms with Gasteiger partial charge in [0, 0.05) is 6.42 Å². The van der Waals surface area contributed by atoms with Crippen LogP contribution in [0, 0.1) is 0 Å². The molecule has 72 heavy (non-hydrogen) atoms. The van der Waals surface area contributed by atoms with Gasteiger partial charge in [0.15, 0.2) is 0 Å². The van der Waals surface area contributed by atoms with Crippen LogP contribution in [0.25, 0.3) is 0 Å². The third-order valence-corrected chi connectivity index (χ3v) is 15.7. The van der Waals surface area contributed by atoms with E-state index >= 15 is 0 Å². The number of hydrogen-bond donors (Lipinski definition) is 3. The van der Waals surface area contributed by atoms with Crippen molar-refractivity contribution in [1.29, 1.82) is 0 Å². The second kappa shape index (κ2) is 54.8. The Balaban J connectivity index is 4.02. The second-order valence-corrected chi connectivity index (χ2v) is 24.6. The molecule has 0 aliphatic rings. The third-order valence-electron chi connectivity index (χ3n) is 14.7. The zero-order valence-electron chi connectivity index (χ0n) is 48.9. The van der Waals surface area contributed by atoms with Gasteiger partial charge in [0.25, 0.3) is 0 Å². The number of hydrogen-bond acceptors (Lipinski definition) is 5. The fourth-order valence-corrected chi connectivity index (χ4v) is 10.5. The van der Waals surface area contributed by atoms with Gasteiger partial charge in [0.05, 0.1) is 39.9 Å². The maximum atomic E-state index is 13.0. The van der Waals surface area contributed by atoms with Gasteiger partial charge in [-0.25, -0.2) is 4.57 Å². The van der Waals surface area contributed by atoms with E-state index in [1.807, 2.05) is 21.1 Å². The summed E-state index contributed by atoms with van der Waals surface area (Å²) in [5, 5.41) is 14.1. The lowest BCUT2D eigenvalue weighted by molar-refractivity contribution is -0.870. The maximum Gasteiger partial charge on any atom is 0.472 e. The van der Waals surface area contributed by atoms with E-state index in [-0.39, 0.29) is 19.1 Å². The van der Waals surface area contributed by atoms with Crippen molar-refractivity contribution >= 4 is 13.7 Å². The van der Waals surface area contributed by atoms with Crippen LogP contribution in [0.2, 0.25) is 0 Å². The molecule has 0 aromatic heterocycles. The van der Waals surface area contributed by atoms with Crippen LogP contribution < -0.4 is 5.32 Å². The molecule has 0 bridgehead atoms. The van der Waals surface area contributed by atoms with Gasteiger partial charge < -0.3 is 19.8 Å². The number of nitrogens with one attached hydrogen (secondary N) is 1. The molecule has 428 valence electrons. The van der Waals surface area contributed by atoms with Crippen LogP contribution in [0.3, 0.4) is 0 Å². The van der Waals surface area contributed by atoms with Crippen molar-refractivity contribution in [1.82, 2.24) is 5.32 Å². The largest absolute Gasteiger partial charge is 0.472 e. The molecule has 0 saturated carbocycles. The molecule has 0 fully saturated rings. The first-order valence-corrected chi connectivity index (χ1v) is 33.2. The zero-order chi connectivity index (χ0) is 52.7. The monoisotopic (exact) mass is 1040 g/mol. The van der Waals surface area contributed by atoms with E-state index in [1.54, 1.807) is 0 Å². The minimum atomic E-state index is -4.32. The Kier molecular flexibility index (Phi) is 54.0. The van der Waals surface area contributed by atoms with Crippen molar-refractivity contribution < 1.29 is 32.9 Å². The Labute approximate surface area is 449 Å². The van der Waals surface area contributed by atoms with E-state index in [1.165, 1.54) is 250 Å². The van der Waals surface area contributed by atoms with E-state index in [9.17, 15) is 19.4 Å². The average Bonchev–Trinajstić information content (AvgIpc) is 3.34. The summed E-state index contributed by atoms with van der Waals surface area (Å²) < 4.78 is 23.8. The van der Waals surface area contributed by atoms with Crippen LogP contribution in [0.15, 0.2) is 24.3 Å². The average molecular weight is 1040 g/mol. The predicted octanol–water partition coefficient (Wildman–Crippen LogP) is 19.5. The fourth-order valence-electron chi connectivity index (χ4n) is 9.73. The van der Waals surface area contributed by atoms with Gasteiger partial charge in [-0.2, -0.15) is 0 Å². The zero-order valence-corrected chi connectivity index (χ0v) is 49.8. The molecule has 0 rings (SSSR count). The number of rotatable bonds is 59. The third kappa shape index (κ3) is 56.7. The summed E-state index contributed by atoms with van der Waals surface area (Å²) >= 11 is 0. The lowest BCUT2D eigenvalue weighted by Crippen LogP contribution is -2.46. The molecular weight excluding hydrogens is 912 g/mol. The summed E-state index contributed by atoms with van der Waals surface area (Å²) in [4.78, 5) is 23.4. The molecule has 0 spiro atoms. The van der Waals surface area contributed by atoms with Crippen molar-refractivity contribution in [3.8, 4) is 0 Å². The molecular formula is C63H126N2O6P+. The standard InChI is InChI=1S/C63H125N2O6P/c1-6-8-10-12-14-16-18-20-22-24-26-27-28-29-30-31-32-33-34-35-36-37-39-41-43-45-47-49-51-53-55-57-63(67)64-61(60-71-72(68,69)70-59-58-65(3,4)5)62(66)56-54-52-50-48-46-44-42-40-38-25-23-21-19-17-15-13-11-9-7-2/h18,20,24,26,61-62,66H,6-17,19,21-23,25,27-60H2,1-5H3,(H-,64,67,68,69)/p+1/b20-18-,26-24-. The molecule has 3 unspecified atom stereocenters. The normalized spacial score (nSPS) is 13.9. The number of likely N-dealkylation sites (N-methyl/N-ethyl adjacent to an activating group) is 1. The number of carbonyl (C=O) groups is 1. The highest BCUT2D eigenvalue weighted by Crippen LogP contribution is 2.43. The first-order valence-electron chi connectivity index (χ1n) is 31.7. The number of aliphatic hydroxyl groups excluding tert-OH is 1. The molecule has 0 aromatic rings. The lowest BCUT2D eigenvalue weighted by Gasteiger charge is -2.26. The minimum absolute atomic E-state index is 0.0773. The Morgan fingerprint density at radius 2 is 0.792 bits per heavy atom. The molecule has 9 heteroatoms. The Morgan fingerprint density at radius 1 is 0.472 bits per heavy atom. The van der Waals surface area contributed by atoms with Crippen LogP contribution in [0.1, 0.15) is 322 Å². The van der Waals surface area contributed by atoms with Crippen molar-refractivity contribution in [2.24, 2.45) is 0 Å². The van der Waals surface area contributed by atoms with Crippen LogP contribution in [0.5, 0.6) is 0 Å². The molecule has 0 saturated heterocycles. The van der Waals surface area contributed by atoms with Gasteiger partial charge in [0.2, 0.25) is 5.91 Å². The number of phosphoric acid groups is 1. The highest BCUT2D eigenvalue weighted by molar-refractivity contribution is 7.47. The number of phosphoric ester groups is 1. The number of amides is 1. The number of quaternary nitrogens is 1. The summed E-state index contributed by atoms with van der Waals surface area (Å²) in [6.45, 7) is 4.93. The van der Waals surface area contributed by atoms with Crippen molar-refractivity contribution in [2.45, 2.75) is 334 Å². The quantitative estimate of drug-likeness (QED) is 0.0243. The first kappa shape index (κ1) is 71.0. The number of carbonyl (C=O) groups excluding carboxylic acids is 1. The van der Waals surface area contributed by atoms with E-state index in [0.29, 0.717) is 23.9 Å². The van der Waals surface area contributed by atoms with E-state index in [0.717, 1.165) is 44.9 Å². The highest BCUT2D eigenvalue weighted by Gasteiger charge is 2.28. The second-order valence-electron chi connectivity index (χ2n) is 23.1. The maximum absolute atomic E-state index is 13.0. The molecule has 0 aliphatic heterocycles. The van der Waals surface area contributed by atoms with Crippen LogP contribution >= 0.6 is 7.82 Å². The summed E-state index contributed by atoms with van der Waals surface area (Å²) in [5.41, 5.74) is 0. The van der Waals surface area contributed by atoms with E-state index in [2.05, 4.69) is 43.5 Å². The van der Waals surface area contributed by atoms with Gasteiger partial charge >= 0.3 is 7.82 Å². The molecule has 3 atom stereocenters. The highest BCUT2D eigenvalue weighted by atomic mass is 31.2. The molecule has 8 nitrogen and oxygen atoms in total. The van der Waals surface area contributed by atoms with E-state index < -0.39 is 20.0 Å². The van der Waals surface area contributed by atoms with Crippen molar-refractivity contribution in [3.05, 3.63) is 24.3 Å². The topological polar surface area (TPSA) is 105 Å². The first-order chi connectivity index (χ1) is 35.0. The van der Waals surface area contributed by atoms with E-state index in [4.69, 9.17) is 9.05 Å². The number of allylic oxidation sites excluding steroid dienone is 4. The smallest absolute Gasteiger partial charge is 0.391 e. The molecule has 0 aromatic carbocycles. The van der Waals surface area contributed by atoms with Crippen LogP contribution in [-0.4, -0.2) is 73.4 Å². The minimum Gasteiger partial charge on any atom is -0.391 e. The van der Waals surface area contributed by atoms with Gasteiger partial charge in [0.1, 0.15) is 13.2 Å². The fraction of sp³-hybridized carbons (Fsp3) is 0.921. The number of aliphatic hydroxyl groups is 1. The molecule has 0 aliphatic carbocycles. The van der Waals surface area contributed by atoms with Gasteiger partial charge in [-0.3, -0.25) is 13.8 Å². The Bertz CT molecular complexity index is 1220. The van der Waals surface area contributed by atoms with Gasteiger partial charge in [-0.05, 0) is 44.9 Å². The molecule has 0 heterocycles. The van der Waals surface area contributed by atoms with Crippen LogP contribution in [0.4, 0.5) is 0 Å². The molecule has 0 radical (unpaired) electrons. The number of unbranched alkanes of at least 4 members (excludes halogenated alkanes) is 42. The van der Waals surface area contributed by atoms with Crippen LogP contribution in [-0.2, 0) is 18.4 Å². The Hall–Kier alpha value is -1.02. The van der Waals surface area contributed by atoms with Crippen molar-refractivity contribution in [2.75, 3.05) is 40.9 Å². The molecule has 3 N–H and O–H groups in total. The van der Waals surface area contributed by atoms with Gasteiger partial charge in [-0.1, -0.05) is 295 Å². The molecule has 1 amide bonds. The summed E-state index contributed by atoms with van der Waals surface area (Å²) in [6.07, 6.45) is 69.7. The SMILES string of the molecule is CCCCCCC/C=C\C/C=C\CCCCCCCCCCCCCCCCCCCCCC(=O)NC(COP(=O)(O)OCC[N+](C)(C)C)C(O)CCCCCCCCCCCCCCCCCCCCC. The Morgan fingerprint density at radius 3 is 1.14 bits per heavy atom. The van der Waals surface area contributed by atoms with Gasteiger partial charge in [-0.15, -0.1) is 0 Å². The summed E-state index contributed by atoms with van der Waals surface area (Å²) in [6, 6.07) is -0.758. The summed E-state index contributed by atoms with van der Waals surface area (Å²) in [5.74, 6) is -0.138. The summed E-state index contributed by atoms with van der Waals surface area (Å²) in [7, 11) is 1.63.